The van der Waals surface area contributed by atoms with Crippen LogP contribution in [0.25, 0.3) is 5.57 Å². The van der Waals surface area contributed by atoms with Crippen molar-refractivity contribution in [3.8, 4) is 0 Å². The second-order valence-electron chi connectivity index (χ2n) is 8.03. The van der Waals surface area contributed by atoms with E-state index in [1.807, 2.05) is 6.07 Å². The molecular weight excluding hydrogens is 320 g/mol. The van der Waals surface area contributed by atoms with Crippen molar-refractivity contribution in [2.75, 3.05) is 13.1 Å². The van der Waals surface area contributed by atoms with Crippen LogP contribution >= 0.6 is 0 Å². The fourth-order valence-electron chi connectivity index (χ4n) is 3.78. The number of fused-ring (bicyclic) bond motifs is 1. The van der Waals surface area contributed by atoms with Crippen LogP contribution in [0.1, 0.15) is 70.0 Å². The van der Waals surface area contributed by atoms with Crippen molar-refractivity contribution in [2.45, 2.75) is 67.0 Å². The van der Waals surface area contributed by atoms with Crippen LogP contribution in [0.3, 0.4) is 0 Å². The van der Waals surface area contributed by atoms with Gasteiger partial charge >= 0.3 is 0 Å². The molecular formula is C23H34N2O. The minimum absolute atomic E-state index is 0.0136. The average molecular weight is 355 g/mol. The molecule has 0 saturated heterocycles. The molecule has 0 aliphatic heterocycles. The summed E-state index contributed by atoms with van der Waals surface area (Å²) in [6.45, 7) is 16.8. The quantitative estimate of drug-likeness (QED) is 0.793. The summed E-state index contributed by atoms with van der Waals surface area (Å²) in [5.74, 6) is 0.0136. The molecule has 1 amide bonds. The van der Waals surface area contributed by atoms with Gasteiger partial charge in [-0.1, -0.05) is 17.7 Å². The zero-order chi connectivity index (χ0) is 19.4. The smallest absolute Gasteiger partial charge is 0.251 e. The predicted octanol–water partition coefficient (Wildman–Crippen LogP) is 4.83. The molecule has 2 rings (SSSR count). The highest BCUT2D eigenvalue weighted by Crippen LogP contribution is 2.29. The summed E-state index contributed by atoms with van der Waals surface area (Å²) in [6.07, 6.45) is 3.20. The minimum Gasteiger partial charge on any atom is -0.351 e. The molecule has 1 aromatic rings. The van der Waals surface area contributed by atoms with E-state index in [-0.39, 0.29) is 5.91 Å². The zero-order valence-electron chi connectivity index (χ0n) is 17.4. The molecule has 0 unspecified atom stereocenters. The Morgan fingerprint density at radius 2 is 1.77 bits per heavy atom. The summed E-state index contributed by atoms with van der Waals surface area (Å²) in [4.78, 5) is 15.0. The van der Waals surface area contributed by atoms with Gasteiger partial charge < -0.3 is 5.32 Å². The Labute approximate surface area is 159 Å². The number of nitrogens with zero attached hydrogens (tertiary/aromatic N) is 1. The first kappa shape index (κ1) is 20.4. The molecule has 1 N–H and O–H groups in total. The number of hydrogen-bond acceptors (Lipinski definition) is 2. The molecule has 0 aromatic heterocycles. The van der Waals surface area contributed by atoms with Gasteiger partial charge in [0, 0.05) is 30.7 Å². The van der Waals surface area contributed by atoms with Gasteiger partial charge in [-0.3, -0.25) is 9.69 Å². The average Bonchev–Trinajstić information content (AvgIpc) is 2.66. The Balaban J connectivity index is 2.10. The van der Waals surface area contributed by atoms with Gasteiger partial charge in [0.15, 0.2) is 0 Å². The Morgan fingerprint density at radius 3 is 2.38 bits per heavy atom. The molecule has 0 fully saturated rings. The summed E-state index contributed by atoms with van der Waals surface area (Å²) in [6, 6.07) is 7.08. The fourth-order valence-corrected chi connectivity index (χ4v) is 3.78. The highest BCUT2D eigenvalue weighted by Gasteiger charge is 2.16. The Morgan fingerprint density at radius 1 is 1.12 bits per heavy atom. The van der Waals surface area contributed by atoms with E-state index < -0.39 is 0 Å². The van der Waals surface area contributed by atoms with Crippen LogP contribution in [0.5, 0.6) is 0 Å². The van der Waals surface area contributed by atoms with E-state index in [2.05, 4.69) is 76.9 Å². The third-order valence-corrected chi connectivity index (χ3v) is 5.28. The molecule has 3 heteroatoms. The van der Waals surface area contributed by atoms with Gasteiger partial charge in [0.2, 0.25) is 0 Å². The topological polar surface area (TPSA) is 32.3 Å². The molecule has 0 radical (unpaired) electrons. The normalized spacial score (nSPS) is 14.6. The lowest BCUT2D eigenvalue weighted by atomic mass is 9.95. The van der Waals surface area contributed by atoms with Gasteiger partial charge in [-0.15, -0.1) is 0 Å². The molecule has 0 heterocycles. The molecule has 1 aromatic carbocycles. The van der Waals surface area contributed by atoms with Crippen LogP contribution in [0.4, 0.5) is 0 Å². The first-order valence-electron chi connectivity index (χ1n) is 9.72. The lowest BCUT2D eigenvalue weighted by Crippen LogP contribution is -2.42. The van der Waals surface area contributed by atoms with Gasteiger partial charge in [-0.05, 0) is 89.3 Å². The predicted molar refractivity (Wildman–Crippen MR) is 111 cm³/mol. The van der Waals surface area contributed by atoms with Crippen LogP contribution in [0.15, 0.2) is 35.4 Å². The van der Waals surface area contributed by atoms with Gasteiger partial charge in [0.05, 0.1) is 0 Å². The second kappa shape index (κ2) is 8.68. The fraction of sp³-hybridized carbons (Fsp3) is 0.522. The van der Waals surface area contributed by atoms with Gasteiger partial charge in [-0.2, -0.15) is 0 Å². The summed E-state index contributed by atoms with van der Waals surface area (Å²) < 4.78 is 0. The highest BCUT2D eigenvalue weighted by molar-refractivity contribution is 5.95. The van der Waals surface area contributed by atoms with Crippen molar-refractivity contribution in [1.82, 2.24) is 10.2 Å². The number of amides is 1. The maximum absolute atomic E-state index is 12.6. The Hall–Kier alpha value is -1.87. The van der Waals surface area contributed by atoms with E-state index in [0.717, 1.165) is 18.5 Å². The molecule has 142 valence electrons. The third kappa shape index (κ3) is 4.85. The molecule has 0 saturated carbocycles. The van der Waals surface area contributed by atoms with Crippen LogP contribution in [-0.2, 0) is 6.42 Å². The molecule has 1 aliphatic rings. The second-order valence-corrected chi connectivity index (χ2v) is 8.03. The summed E-state index contributed by atoms with van der Waals surface area (Å²) in [7, 11) is 0. The van der Waals surface area contributed by atoms with E-state index in [0.29, 0.717) is 18.6 Å². The van der Waals surface area contributed by atoms with Crippen LogP contribution in [-0.4, -0.2) is 36.0 Å². The van der Waals surface area contributed by atoms with Crippen LogP contribution in [0.2, 0.25) is 0 Å². The number of nitrogens with one attached hydrogen (secondary N) is 1. The Kier molecular flexibility index (Phi) is 6.82. The largest absolute Gasteiger partial charge is 0.351 e. The standard InChI is InChI=1S/C23H34N2O/c1-15(2)25(16(3)4)11-10-24-23(26)21-9-8-20-13-17(5)12-18(6)19(7)22(20)14-21/h8-9,12,14-16H,10-11,13H2,1-7H3,(H,24,26). The molecule has 26 heavy (non-hydrogen) atoms. The molecule has 0 bridgehead atoms. The minimum atomic E-state index is 0.0136. The van der Waals surface area contributed by atoms with E-state index in [1.54, 1.807) is 0 Å². The van der Waals surface area contributed by atoms with E-state index in [9.17, 15) is 4.79 Å². The monoisotopic (exact) mass is 354 g/mol. The first-order valence-corrected chi connectivity index (χ1v) is 9.72. The Bertz CT molecular complexity index is 718. The maximum Gasteiger partial charge on any atom is 0.251 e. The lowest BCUT2D eigenvalue weighted by Gasteiger charge is -2.30. The first-order chi connectivity index (χ1) is 12.2. The molecule has 1 aliphatic carbocycles. The van der Waals surface area contributed by atoms with Crippen molar-refractivity contribution in [3.05, 3.63) is 52.1 Å². The number of benzene rings is 1. The maximum atomic E-state index is 12.6. The van der Waals surface area contributed by atoms with Crippen molar-refractivity contribution < 1.29 is 4.79 Å². The van der Waals surface area contributed by atoms with E-state index in [4.69, 9.17) is 0 Å². The summed E-state index contributed by atoms with van der Waals surface area (Å²) in [5, 5.41) is 3.09. The van der Waals surface area contributed by atoms with E-state index in [1.165, 1.54) is 27.8 Å². The van der Waals surface area contributed by atoms with Crippen LogP contribution in [0, 0.1) is 0 Å². The molecule has 0 atom stereocenters. The number of carbonyl (C=O) groups is 1. The molecule has 0 spiro atoms. The summed E-state index contributed by atoms with van der Waals surface area (Å²) in [5.41, 5.74) is 7.15. The number of rotatable bonds is 6. The zero-order valence-corrected chi connectivity index (χ0v) is 17.4. The van der Waals surface area contributed by atoms with Gasteiger partial charge in [0.1, 0.15) is 0 Å². The third-order valence-electron chi connectivity index (χ3n) is 5.28. The van der Waals surface area contributed by atoms with Crippen LogP contribution < -0.4 is 5.32 Å². The lowest BCUT2D eigenvalue weighted by molar-refractivity contribution is 0.0939. The molecule has 3 nitrogen and oxygen atoms in total. The van der Waals surface area contributed by atoms with Gasteiger partial charge in [-0.25, -0.2) is 0 Å². The van der Waals surface area contributed by atoms with Gasteiger partial charge in [0.25, 0.3) is 5.91 Å². The van der Waals surface area contributed by atoms with Crippen molar-refractivity contribution in [3.63, 3.8) is 0 Å². The van der Waals surface area contributed by atoms with Crippen molar-refractivity contribution >= 4 is 11.5 Å². The number of allylic oxidation sites excluding steroid dienone is 4. The van der Waals surface area contributed by atoms with E-state index >= 15 is 0 Å². The number of hydrogen-bond donors (Lipinski definition) is 1. The highest BCUT2D eigenvalue weighted by atomic mass is 16.1. The van der Waals surface area contributed by atoms with Crippen molar-refractivity contribution in [2.24, 2.45) is 0 Å². The van der Waals surface area contributed by atoms with Crippen molar-refractivity contribution in [1.29, 1.82) is 0 Å². The SMILES string of the molecule is CC1=CC(C)=C(C)c2cc(C(=O)NCCN(C(C)C)C(C)C)ccc2C1. The summed E-state index contributed by atoms with van der Waals surface area (Å²) >= 11 is 0. The number of carbonyl (C=O) groups excluding carboxylic acids is 1.